The molecule has 4 rings (SSSR count). The Morgan fingerprint density at radius 2 is 1.67 bits per heavy atom. The quantitative estimate of drug-likeness (QED) is 0.140. The molecule has 1 heterocycles. The topological polar surface area (TPSA) is 122 Å². The van der Waals surface area contributed by atoms with E-state index in [9.17, 15) is 14.9 Å². The van der Waals surface area contributed by atoms with Crippen LogP contribution in [0, 0.1) is 28.4 Å². The molecule has 1 saturated heterocycles. The number of rotatable bonds is 15. The molecule has 2 amide bonds. The van der Waals surface area contributed by atoms with Crippen LogP contribution < -0.4 is 20.7 Å². The van der Waals surface area contributed by atoms with Crippen molar-refractivity contribution in [1.82, 2.24) is 10.6 Å². The predicted molar refractivity (Wildman–Crippen MR) is 212 cm³/mol. The minimum Gasteiger partial charge on any atom is -0.495 e. The number of nitrogens with one attached hydrogen (secondary N) is 3. The van der Waals surface area contributed by atoms with Crippen molar-refractivity contribution in [2.75, 3.05) is 32.8 Å². The van der Waals surface area contributed by atoms with Crippen molar-refractivity contribution in [3.05, 3.63) is 93.0 Å². The van der Waals surface area contributed by atoms with Gasteiger partial charge in [0.2, 0.25) is 5.91 Å². The SMILES string of the molecule is COCCC(C)(C)OCCC(C)(C)NC(=O)c1ccc(NC(=O)[C@@H]2N[C@@H](CC(C)(C)C)[C@](C#N)(c3ccc(Cl)cc3F)[C@H]2c2cccc(Cl)c2F)c(OC)c1. The fourth-order valence-corrected chi connectivity index (χ4v) is 7.49. The highest BCUT2D eigenvalue weighted by Gasteiger charge is 2.61. The van der Waals surface area contributed by atoms with Crippen molar-refractivity contribution < 1.29 is 32.6 Å². The molecule has 0 radical (unpaired) electrons. The molecule has 1 aliphatic rings. The van der Waals surface area contributed by atoms with E-state index in [0.717, 1.165) is 12.5 Å². The van der Waals surface area contributed by atoms with Crippen LogP contribution in [0.3, 0.4) is 0 Å². The molecule has 298 valence electrons. The third-order valence-corrected chi connectivity index (χ3v) is 10.6. The number of nitriles is 1. The fraction of sp³-hybridized carbons (Fsp3) is 0.500. The lowest BCUT2D eigenvalue weighted by Crippen LogP contribution is -2.45. The first-order valence-electron chi connectivity index (χ1n) is 18.2. The van der Waals surface area contributed by atoms with E-state index in [1.807, 2.05) is 48.5 Å². The van der Waals surface area contributed by atoms with Crippen molar-refractivity contribution in [2.45, 2.75) is 102 Å². The monoisotopic (exact) mass is 800 g/mol. The van der Waals surface area contributed by atoms with Gasteiger partial charge in [-0.3, -0.25) is 9.59 Å². The zero-order valence-corrected chi connectivity index (χ0v) is 34.5. The van der Waals surface area contributed by atoms with E-state index < -0.39 is 51.9 Å². The molecule has 3 aromatic carbocycles. The van der Waals surface area contributed by atoms with Crippen molar-refractivity contribution in [3.8, 4) is 11.8 Å². The van der Waals surface area contributed by atoms with Gasteiger partial charge in [-0.25, -0.2) is 8.78 Å². The maximum atomic E-state index is 16.1. The van der Waals surface area contributed by atoms with Crippen molar-refractivity contribution in [1.29, 1.82) is 5.26 Å². The summed E-state index contributed by atoms with van der Waals surface area (Å²) >= 11 is 12.4. The molecule has 0 bridgehead atoms. The summed E-state index contributed by atoms with van der Waals surface area (Å²) in [7, 11) is 3.05. The molecule has 0 aliphatic carbocycles. The Morgan fingerprint density at radius 1 is 0.964 bits per heavy atom. The van der Waals surface area contributed by atoms with E-state index in [-0.39, 0.29) is 49.7 Å². The first kappa shape index (κ1) is 43.9. The van der Waals surface area contributed by atoms with Crippen LogP contribution in [0.1, 0.15) is 95.1 Å². The molecular formula is C42H52Cl2F2N4O5. The number of hydrogen-bond donors (Lipinski definition) is 3. The van der Waals surface area contributed by atoms with Gasteiger partial charge in [-0.1, -0.05) is 62.2 Å². The number of methoxy groups -OCH3 is 2. The summed E-state index contributed by atoms with van der Waals surface area (Å²) in [5.74, 6) is -3.65. The van der Waals surface area contributed by atoms with Crippen molar-refractivity contribution >= 4 is 40.7 Å². The Hall–Kier alpha value is -3.79. The Balaban J connectivity index is 1.68. The Bertz CT molecular complexity index is 1910. The number of carbonyl (C=O) groups is 2. The third-order valence-electron chi connectivity index (χ3n) is 10.0. The van der Waals surface area contributed by atoms with Gasteiger partial charge in [0.1, 0.15) is 22.8 Å². The van der Waals surface area contributed by atoms with Gasteiger partial charge >= 0.3 is 0 Å². The number of ether oxygens (including phenoxy) is 3. The average Bonchev–Trinajstić information content (AvgIpc) is 3.41. The van der Waals surface area contributed by atoms with E-state index in [0.29, 0.717) is 26.1 Å². The summed E-state index contributed by atoms with van der Waals surface area (Å²) in [4.78, 5) is 27.9. The summed E-state index contributed by atoms with van der Waals surface area (Å²) in [6, 6.07) is 13.2. The minimum absolute atomic E-state index is 0.0296. The summed E-state index contributed by atoms with van der Waals surface area (Å²) < 4.78 is 48.9. The molecule has 13 heteroatoms. The number of amides is 2. The highest BCUT2D eigenvalue weighted by molar-refractivity contribution is 6.31. The van der Waals surface area contributed by atoms with Crippen LogP contribution in [0.5, 0.6) is 5.75 Å². The molecule has 1 aliphatic heterocycles. The van der Waals surface area contributed by atoms with Crippen LogP contribution in [0.4, 0.5) is 14.5 Å². The van der Waals surface area contributed by atoms with E-state index in [1.54, 1.807) is 13.2 Å². The second kappa shape index (κ2) is 17.6. The smallest absolute Gasteiger partial charge is 0.251 e. The lowest BCUT2D eigenvalue weighted by molar-refractivity contribution is -0.118. The lowest BCUT2D eigenvalue weighted by atomic mass is 9.62. The van der Waals surface area contributed by atoms with Gasteiger partial charge < -0.3 is 30.2 Å². The minimum atomic E-state index is -1.79. The van der Waals surface area contributed by atoms with E-state index in [2.05, 4.69) is 22.0 Å². The van der Waals surface area contributed by atoms with E-state index in [4.69, 9.17) is 37.4 Å². The highest BCUT2D eigenvalue weighted by Crippen LogP contribution is 2.53. The highest BCUT2D eigenvalue weighted by atomic mass is 35.5. The first-order chi connectivity index (χ1) is 25.7. The number of hydrogen-bond acceptors (Lipinski definition) is 7. The van der Waals surface area contributed by atoms with E-state index in [1.165, 1.54) is 49.6 Å². The van der Waals surface area contributed by atoms with Crippen LogP contribution in [0.15, 0.2) is 54.6 Å². The third kappa shape index (κ3) is 10.3. The standard InChI is InChI=1S/C42H52Cl2F2N4O5/c1-39(2,3)23-33-42(24-47,28-15-14-26(43)22-30(28)45)34(27-11-10-12-29(44)35(27)46)36(49-33)38(52)48-31-16-13-25(21-32(31)54-9)37(51)50-40(4,5)17-20-55-41(6,7)18-19-53-8/h10-16,21-22,33-34,36,49H,17-20,23H2,1-9H3,(H,48,52)(H,50,51)/t33-,34-,36+,42-/m0/s1. The van der Waals surface area contributed by atoms with Gasteiger partial charge in [0, 0.05) is 54.0 Å². The molecule has 9 nitrogen and oxygen atoms in total. The predicted octanol–water partition coefficient (Wildman–Crippen LogP) is 8.97. The molecule has 3 N–H and O–H groups in total. The van der Waals surface area contributed by atoms with Crippen LogP contribution in [-0.4, -0.2) is 62.5 Å². The first-order valence-corrected chi connectivity index (χ1v) is 19.0. The largest absolute Gasteiger partial charge is 0.495 e. The lowest BCUT2D eigenvalue weighted by Gasteiger charge is -2.37. The Kier molecular flexibility index (Phi) is 14.0. The second-order valence-corrected chi connectivity index (χ2v) is 17.4. The summed E-state index contributed by atoms with van der Waals surface area (Å²) in [6.45, 7) is 14.7. The van der Waals surface area contributed by atoms with Gasteiger partial charge in [-0.2, -0.15) is 5.26 Å². The molecular weight excluding hydrogens is 749 g/mol. The maximum Gasteiger partial charge on any atom is 0.251 e. The van der Waals surface area contributed by atoms with E-state index >= 15 is 8.78 Å². The molecule has 1 fully saturated rings. The molecule has 0 saturated carbocycles. The molecule has 0 unspecified atom stereocenters. The number of halogens is 4. The molecule has 0 aromatic heterocycles. The van der Waals surface area contributed by atoms with Crippen molar-refractivity contribution in [3.63, 3.8) is 0 Å². The molecule has 55 heavy (non-hydrogen) atoms. The van der Waals surface area contributed by atoms with Gasteiger partial charge in [0.05, 0.1) is 35.5 Å². The van der Waals surface area contributed by atoms with Gasteiger partial charge in [0.25, 0.3) is 5.91 Å². The normalized spacial score (nSPS) is 20.2. The fourth-order valence-electron chi connectivity index (χ4n) is 7.15. The number of nitrogens with zero attached hydrogens (tertiary/aromatic N) is 1. The number of benzene rings is 3. The van der Waals surface area contributed by atoms with Gasteiger partial charge in [-0.15, -0.1) is 0 Å². The zero-order valence-electron chi connectivity index (χ0n) is 33.0. The zero-order chi connectivity index (χ0) is 40.9. The molecule has 3 aromatic rings. The second-order valence-electron chi connectivity index (χ2n) is 16.5. The Labute approximate surface area is 333 Å². The summed E-state index contributed by atoms with van der Waals surface area (Å²) in [5.41, 5.74) is -2.75. The van der Waals surface area contributed by atoms with Crippen LogP contribution in [-0.2, 0) is 19.7 Å². The summed E-state index contributed by atoms with van der Waals surface area (Å²) in [6.07, 6.45) is 1.58. The van der Waals surface area contributed by atoms with Crippen LogP contribution in [0.2, 0.25) is 10.0 Å². The maximum absolute atomic E-state index is 16.1. The molecule has 0 spiro atoms. The summed E-state index contributed by atoms with van der Waals surface area (Å²) in [5, 5.41) is 20.2. The van der Waals surface area contributed by atoms with Gasteiger partial charge in [-0.05, 0) is 94.3 Å². The average molecular weight is 802 g/mol. The van der Waals surface area contributed by atoms with Crippen molar-refractivity contribution in [2.24, 2.45) is 5.41 Å². The number of anilines is 1. The number of carbonyl (C=O) groups excluding carboxylic acids is 2. The van der Waals surface area contributed by atoms with Gasteiger partial charge in [0.15, 0.2) is 0 Å². The van der Waals surface area contributed by atoms with Crippen LogP contribution >= 0.6 is 23.2 Å². The Morgan fingerprint density at radius 3 is 2.29 bits per heavy atom. The molecule has 4 atom stereocenters. The van der Waals surface area contributed by atoms with Crippen LogP contribution in [0.25, 0.3) is 0 Å².